The maximum Gasteiger partial charge on any atom is 0.270 e. The number of nitrogens with one attached hydrogen (secondary N) is 1. The van der Waals surface area contributed by atoms with E-state index in [2.05, 4.69) is 9.97 Å². The molecule has 0 saturated heterocycles. The summed E-state index contributed by atoms with van der Waals surface area (Å²) in [4.78, 5) is 30.0. The first-order valence-electron chi connectivity index (χ1n) is 7.29. The van der Waals surface area contributed by atoms with Crippen LogP contribution in [0, 0.1) is 24.0 Å². The van der Waals surface area contributed by atoms with Crippen molar-refractivity contribution in [2.24, 2.45) is 0 Å². The fourth-order valence-corrected chi connectivity index (χ4v) is 3.62. The highest BCUT2D eigenvalue weighted by atomic mass is 32.1. The molecule has 1 aromatic carbocycles. The molecule has 0 aliphatic carbocycles. The molecule has 0 unspecified atom stereocenters. The lowest BCUT2D eigenvalue weighted by Gasteiger charge is -1.98. The maximum atomic E-state index is 11.8. The zero-order valence-corrected chi connectivity index (χ0v) is 14.2. The van der Waals surface area contributed by atoms with Crippen molar-refractivity contribution in [3.63, 3.8) is 0 Å². The number of aryl methyl sites for hydroxylation is 1. The van der Waals surface area contributed by atoms with E-state index in [0.29, 0.717) is 16.1 Å². The minimum atomic E-state index is -0.421. The van der Waals surface area contributed by atoms with E-state index in [1.54, 1.807) is 19.1 Å². The lowest BCUT2D eigenvalue weighted by Crippen LogP contribution is -1.94. The summed E-state index contributed by atoms with van der Waals surface area (Å²) in [5, 5.41) is 13.5. The number of carbonyl (C=O) groups is 1. The van der Waals surface area contributed by atoms with Crippen LogP contribution in [0.4, 0.5) is 5.69 Å². The second kappa shape index (κ2) is 6.01. The predicted molar refractivity (Wildman–Crippen MR) is 93.5 cm³/mol. The topological polar surface area (TPSA) is 88.9 Å². The van der Waals surface area contributed by atoms with Crippen molar-refractivity contribution in [2.45, 2.75) is 20.8 Å². The van der Waals surface area contributed by atoms with E-state index in [9.17, 15) is 14.9 Å². The Bertz CT molecular complexity index is 956. The van der Waals surface area contributed by atoms with Gasteiger partial charge in [0.15, 0.2) is 5.78 Å². The number of H-pyrrole nitrogens is 1. The largest absolute Gasteiger partial charge is 0.356 e. The Morgan fingerprint density at radius 1 is 1.33 bits per heavy atom. The van der Waals surface area contributed by atoms with Crippen LogP contribution in [-0.2, 0) is 0 Å². The van der Waals surface area contributed by atoms with Gasteiger partial charge in [-0.1, -0.05) is 12.1 Å². The molecule has 0 atom stereocenters. The van der Waals surface area contributed by atoms with Crippen LogP contribution in [0.25, 0.3) is 22.0 Å². The second-order valence-corrected chi connectivity index (χ2v) is 6.38. The molecule has 3 aromatic rings. The number of aromatic amines is 1. The van der Waals surface area contributed by atoms with Crippen LogP contribution < -0.4 is 0 Å². The quantitative estimate of drug-likeness (QED) is 0.429. The number of benzene rings is 1. The molecule has 2 heterocycles. The summed E-state index contributed by atoms with van der Waals surface area (Å²) in [5.74, 6) is 0.0154. The zero-order valence-electron chi connectivity index (χ0n) is 13.4. The Morgan fingerprint density at radius 2 is 2.08 bits per heavy atom. The van der Waals surface area contributed by atoms with E-state index in [1.165, 1.54) is 23.5 Å². The number of rotatable bonds is 4. The molecular weight excluding hydrogens is 326 g/mol. The minimum absolute atomic E-state index is 0.0154. The molecule has 7 heteroatoms. The number of ketones is 1. The summed E-state index contributed by atoms with van der Waals surface area (Å²) >= 11 is 1.41. The highest BCUT2D eigenvalue weighted by Crippen LogP contribution is 2.33. The second-order valence-electron chi connectivity index (χ2n) is 5.53. The van der Waals surface area contributed by atoms with Gasteiger partial charge in [0.2, 0.25) is 0 Å². The molecule has 0 fully saturated rings. The first kappa shape index (κ1) is 16.1. The lowest BCUT2D eigenvalue weighted by molar-refractivity contribution is -0.384. The van der Waals surface area contributed by atoms with E-state index in [0.717, 1.165) is 22.6 Å². The van der Waals surface area contributed by atoms with Crippen molar-refractivity contribution in [3.8, 4) is 22.0 Å². The van der Waals surface area contributed by atoms with Crippen molar-refractivity contribution in [2.75, 3.05) is 0 Å². The number of carbonyl (C=O) groups excluding carboxylic acids is 1. The molecule has 0 aliphatic heterocycles. The zero-order chi connectivity index (χ0) is 17.4. The van der Waals surface area contributed by atoms with Crippen LogP contribution >= 0.6 is 11.3 Å². The van der Waals surface area contributed by atoms with E-state index in [-0.39, 0.29) is 11.5 Å². The minimum Gasteiger partial charge on any atom is -0.356 e. The highest BCUT2D eigenvalue weighted by molar-refractivity contribution is 7.13. The molecule has 0 aliphatic rings. The molecule has 0 amide bonds. The fraction of sp³-hybridized carbons (Fsp3) is 0.176. The van der Waals surface area contributed by atoms with Crippen molar-refractivity contribution < 1.29 is 9.72 Å². The number of non-ortho nitro benzene ring substituents is 1. The van der Waals surface area contributed by atoms with Crippen molar-refractivity contribution >= 4 is 22.8 Å². The van der Waals surface area contributed by atoms with E-state index in [4.69, 9.17) is 0 Å². The number of nitro benzene ring substituents is 1. The molecule has 2 aromatic heterocycles. The van der Waals surface area contributed by atoms with Crippen LogP contribution in [0.1, 0.15) is 28.5 Å². The Morgan fingerprint density at radius 3 is 2.71 bits per heavy atom. The standard InChI is InChI=1S/C17H15N3O3S/c1-9-15(11(3)21)10(2)18-16(9)14-8-24-17(19-14)12-5-4-6-13(7-12)20(22)23/h4-8,18H,1-3H3. The van der Waals surface area contributed by atoms with Gasteiger partial charge in [0.05, 0.1) is 16.3 Å². The van der Waals surface area contributed by atoms with Gasteiger partial charge in [0, 0.05) is 34.3 Å². The number of aromatic nitrogens is 2. The van der Waals surface area contributed by atoms with Crippen LogP contribution in [0.15, 0.2) is 29.6 Å². The molecular formula is C17H15N3O3S. The van der Waals surface area contributed by atoms with Gasteiger partial charge in [0.25, 0.3) is 5.69 Å². The Labute approximate surface area is 142 Å². The summed E-state index contributed by atoms with van der Waals surface area (Å²) < 4.78 is 0. The highest BCUT2D eigenvalue weighted by Gasteiger charge is 2.18. The third-order valence-electron chi connectivity index (χ3n) is 3.85. The van der Waals surface area contributed by atoms with Crippen molar-refractivity contribution in [1.82, 2.24) is 9.97 Å². The van der Waals surface area contributed by atoms with Gasteiger partial charge in [-0.2, -0.15) is 0 Å². The Balaban J connectivity index is 2.03. The summed E-state index contributed by atoms with van der Waals surface area (Å²) in [6.07, 6.45) is 0. The monoisotopic (exact) mass is 341 g/mol. The van der Waals surface area contributed by atoms with Gasteiger partial charge in [0.1, 0.15) is 5.01 Å². The predicted octanol–water partition coefficient (Wildman–Crippen LogP) is 4.53. The first-order chi connectivity index (χ1) is 11.4. The third kappa shape index (κ3) is 2.74. The van der Waals surface area contributed by atoms with Crippen LogP contribution in [0.5, 0.6) is 0 Å². The van der Waals surface area contributed by atoms with Gasteiger partial charge in [-0.25, -0.2) is 4.98 Å². The number of nitro groups is 1. The molecule has 0 bridgehead atoms. The molecule has 24 heavy (non-hydrogen) atoms. The SMILES string of the molecule is CC(=O)c1c(C)[nH]c(-c2csc(-c3cccc([N+](=O)[O-])c3)n2)c1C. The Kier molecular flexibility index (Phi) is 4.02. The van der Waals surface area contributed by atoms with E-state index >= 15 is 0 Å². The number of thiazole rings is 1. The molecule has 1 N–H and O–H groups in total. The molecule has 0 spiro atoms. The Hall–Kier alpha value is -2.80. The van der Waals surface area contributed by atoms with Gasteiger partial charge in [-0.3, -0.25) is 14.9 Å². The van der Waals surface area contributed by atoms with Gasteiger partial charge in [-0.15, -0.1) is 11.3 Å². The van der Waals surface area contributed by atoms with Gasteiger partial charge >= 0.3 is 0 Å². The van der Waals surface area contributed by atoms with Crippen molar-refractivity contribution in [1.29, 1.82) is 0 Å². The summed E-state index contributed by atoms with van der Waals surface area (Å²) in [6.45, 7) is 5.30. The molecule has 0 radical (unpaired) electrons. The number of nitrogens with zero attached hydrogens (tertiary/aromatic N) is 2. The van der Waals surface area contributed by atoms with Crippen molar-refractivity contribution in [3.05, 3.63) is 56.6 Å². The maximum absolute atomic E-state index is 11.8. The average molecular weight is 341 g/mol. The summed E-state index contributed by atoms with van der Waals surface area (Å²) in [6, 6.07) is 6.40. The van der Waals surface area contributed by atoms with Crippen LogP contribution in [0.2, 0.25) is 0 Å². The van der Waals surface area contributed by atoms with E-state index in [1.807, 2.05) is 19.2 Å². The van der Waals surface area contributed by atoms with Crippen LogP contribution in [-0.4, -0.2) is 20.7 Å². The fourth-order valence-electron chi connectivity index (χ4n) is 2.81. The molecule has 0 saturated carbocycles. The third-order valence-corrected chi connectivity index (χ3v) is 4.75. The number of hydrogen-bond acceptors (Lipinski definition) is 5. The lowest BCUT2D eigenvalue weighted by atomic mass is 10.1. The van der Waals surface area contributed by atoms with E-state index < -0.39 is 4.92 Å². The summed E-state index contributed by atoms with van der Waals surface area (Å²) in [7, 11) is 0. The number of Topliss-reactive ketones (excluding diaryl/α,β-unsaturated/α-hetero) is 1. The molecule has 122 valence electrons. The molecule has 3 rings (SSSR count). The van der Waals surface area contributed by atoms with Crippen LogP contribution in [0.3, 0.4) is 0 Å². The molecule has 6 nitrogen and oxygen atoms in total. The van der Waals surface area contributed by atoms with Gasteiger partial charge < -0.3 is 4.98 Å². The average Bonchev–Trinajstić information content (AvgIpc) is 3.12. The van der Waals surface area contributed by atoms with Gasteiger partial charge in [-0.05, 0) is 26.3 Å². The normalized spacial score (nSPS) is 10.8. The smallest absolute Gasteiger partial charge is 0.270 e. The summed E-state index contributed by atoms with van der Waals surface area (Å²) in [5.41, 5.74) is 4.66. The number of hydrogen-bond donors (Lipinski definition) is 1. The first-order valence-corrected chi connectivity index (χ1v) is 8.17.